The van der Waals surface area contributed by atoms with Gasteiger partial charge in [-0.1, -0.05) is 0 Å². The summed E-state index contributed by atoms with van der Waals surface area (Å²) in [7, 11) is 4.04. The molecule has 132 valence electrons. The molecule has 8 heteroatoms. The van der Waals surface area contributed by atoms with Crippen LogP contribution in [0.25, 0.3) is 0 Å². The second-order valence-corrected chi connectivity index (χ2v) is 8.03. The predicted octanol–water partition coefficient (Wildman–Crippen LogP) is 0.0540. The molecule has 0 heterocycles. The zero-order chi connectivity index (χ0) is 17.9. The number of rotatable bonds is 9. The van der Waals surface area contributed by atoms with Gasteiger partial charge >= 0.3 is 151 Å². The number of nitrogens with one attached hydrogen (secondary N) is 1. The molecule has 0 aliphatic heterocycles. The van der Waals surface area contributed by atoms with Gasteiger partial charge in [-0.3, -0.25) is 0 Å². The van der Waals surface area contributed by atoms with Gasteiger partial charge < -0.3 is 0 Å². The van der Waals surface area contributed by atoms with Crippen molar-refractivity contribution in [3.8, 4) is 5.75 Å². The SMILES string of the molecule is COC(=O)C[C@H](NC(=O)CC[Te]c1ccc(OC)cc1)C(=O)OC. The van der Waals surface area contributed by atoms with Crippen molar-refractivity contribution in [1.82, 2.24) is 5.32 Å². The minimum absolute atomic E-state index is 0.246. The van der Waals surface area contributed by atoms with E-state index in [9.17, 15) is 14.4 Å². The van der Waals surface area contributed by atoms with Crippen LogP contribution in [0.15, 0.2) is 24.3 Å². The second kappa shape index (κ2) is 10.9. The van der Waals surface area contributed by atoms with Gasteiger partial charge in [0.05, 0.1) is 0 Å². The Morgan fingerprint density at radius 1 is 1.08 bits per heavy atom. The molecular formula is C16H21NO6Te. The van der Waals surface area contributed by atoms with E-state index in [2.05, 4.69) is 14.8 Å². The van der Waals surface area contributed by atoms with E-state index in [1.54, 1.807) is 7.11 Å². The van der Waals surface area contributed by atoms with E-state index in [-0.39, 0.29) is 12.3 Å². The third kappa shape index (κ3) is 7.19. The molecule has 0 bridgehead atoms. The number of ether oxygens (including phenoxy) is 3. The molecule has 1 amide bonds. The Kier molecular flexibility index (Phi) is 9.20. The molecule has 1 aromatic carbocycles. The first-order valence-corrected chi connectivity index (χ1v) is 10.0. The zero-order valence-electron chi connectivity index (χ0n) is 13.9. The molecular weight excluding hydrogens is 430 g/mol. The first-order valence-electron chi connectivity index (χ1n) is 7.21. The van der Waals surface area contributed by atoms with Crippen molar-refractivity contribution < 1.29 is 28.6 Å². The Hall–Kier alpha value is -1.78. The molecule has 0 aliphatic rings. The Balaban J connectivity index is 2.44. The molecule has 0 aliphatic carbocycles. The van der Waals surface area contributed by atoms with Crippen LogP contribution in [0.1, 0.15) is 12.8 Å². The van der Waals surface area contributed by atoms with E-state index >= 15 is 0 Å². The number of benzene rings is 1. The van der Waals surface area contributed by atoms with Crippen molar-refractivity contribution in [3.63, 3.8) is 0 Å². The number of amides is 1. The van der Waals surface area contributed by atoms with Crippen molar-refractivity contribution in [2.75, 3.05) is 21.3 Å². The number of hydrogen-bond acceptors (Lipinski definition) is 6. The molecule has 0 radical (unpaired) electrons. The van der Waals surface area contributed by atoms with Gasteiger partial charge in [0.25, 0.3) is 0 Å². The maximum absolute atomic E-state index is 12.0. The number of carbonyl (C=O) groups excluding carboxylic acids is 3. The summed E-state index contributed by atoms with van der Waals surface area (Å²) in [5.41, 5.74) is 0. The Morgan fingerprint density at radius 3 is 2.29 bits per heavy atom. The van der Waals surface area contributed by atoms with Crippen LogP contribution in [0.5, 0.6) is 5.75 Å². The third-order valence-corrected chi connectivity index (χ3v) is 5.97. The number of esters is 2. The second-order valence-electron chi connectivity index (χ2n) is 4.70. The van der Waals surface area contributed by atoms with E-state index in [0.717, 1.165) is 10.2 Å². The van der Waals surface area contributed by atoms with Gasteiger partial charge in [0.2, 0.25) is 0 Å². The molecule has 0 spiro atoms. The third-order valence-electron chi connectivity index (χ3n) is 3.08. The monoisotopic (exact) mass is 453 g/mol. The van der Waals surface area contributed by atoms with Gasteiger partial charge in [-0.25, -0.2) is 0 Å². The summed E-state index contributed by atoms with van der Waals surface area (Å²) >= 11 is -0.503. The van der Waals surface area contributed by atoms with Crippen LogP contribution in [0, 0.1) is 0 Å². The summed E-state index contributed by atoms with van der Waals surface area (Å²) in [6, 6.07) is 6.76. The first kappa shape index (κ1) is 20.3. The van der Waals surface area contributed by atoms with Crippen LogP contribution in [0.3, 0.4) is 0 Å². The standard InChI is InChI=1S/C16H21NO6Te/c1-21-11-4-6-12(7-5-11)24-9-8-14(18)17-13(16(20)23-3)10-15(19)22-2/h4-7,13H,8-10H2,1-3H3,(H,17,18)/t13-/m0/s1. The fourth-order valence-corrected chi connectivity index (χ4v) is 4.22. The van der Waals surface area contributed by atoms with E-state index in [1.165, 1.54) is 17.8 Å². The van der Waals surface area contributed by atoms with E-state index in [1.807, 2.05) is 24.3 Å². The van der Waals surface area contributed by atoms with Crippen molar-refractivity contribution in [2.24, 2.45) is 0 Å². The molecule has 0 unspecified atom stereocenters. The molecule has 1 atom stereocenters. The van der Waals surface area contributed by atoms with E-state index in [4.69, 9.17) is 4.74 Å². The van der Waals surface area contributed by atoms with Crippen LogP contribution < -0.4 is 13.7 Å². The average Bonchev–Trinajstić information content (AvgIpc) is 2.60. The summed E-state index contributed by atoms with van der Waals surface area (Å²) in [4.78, 5) is 34.9. The molecule has 1 N–H and O–H groups in total. The molecule has 0 saturated carbocycles. The Bertz CT molecular complexity index is 560. The molecule has 1 rings (SSSR count). The quantitative estimate of drug-likeness (QED) is 0.422. The topological polar surface area (TPSA) is 90.9 Å². The van der Waals surface area contributed by atoms with Gasteiger partial charge in [0.15, 0.2) is 0 Å². The van der Waals surface area contributed by atoms with Crippen LogP contribution in [0.2, 0.25) is 4.47 Å². The van der Waals surface area contributed by atoms with Gasteiger partial charge in [-0.05, 0) is 0 Å². The maximum atomic E-state index is 12.0. The van der Waals surface area contributed by atoms with Crippen LogP contribution >= 0.6 is 0 Å². The number of hydrogen-bond donors (Lipinski definition) is 1. The van der Waals surface area contributed by atoms with Crippen LogP contribution in [-0.4, -0.2) is 66.1 Å². The number of methoxy groups -OCH3 is 3. The average molecular weight is 451 g/mol. The van der Waals surface area contributed by atoms with Gasteiger partial charge in [0.1, 0.15) is 0 Å². The van der Waals surface area contributed by atoms with Gasteiger partial charge in [0, 0.05) is 0 Å². The van der Waals surface area contributed by atoms with Crippen molar-refractivity contribution >= 4 is 42.4 Å². The molecule has 24 heavy (non-hydrogen) atoms. The first-order chi connectivity index (χ1) is 11.5. The molecule has 0 aromatic heterocycles. The predicted molar refractivity (Wildman–Crippen MR) is 88.4 cm³/mol. The van der Waals surface area contributed by atoms with Crippen molar-refractivity contribution in [1.29, 1.82) is 0 Å². The Morgan fingerprint density at radius 2 is 1.75 bits per heavy atom. The Labute approximate surface area is 151 Å². The number of carbonyl (C=O) groups is 3. The molecule has 1 aromatic rings. The van der Waals surface area contributed by atoms with Gasteiger partial charge in [-0.15, -0.1) is 0 Å². The zero-order valence-corrected chi connectivity index (χ0v) is 16.2. The normalized spacial score (nSPS) is 11.3. The van der Waals surface area contributed by atoms with Crippen LogP contribution in [-0.2, 0) is 23.9 Å². The summed E-state index contributed by atoms with van der Waals surface area (Å²) < 4.78 is 16.2. The van der Waals surface area contributed by atoms with E-state index < -0.39 is 38.9 Å². The molecule has 0 saturated heterocycles. The molecule has 7 nitrogen and oxygen atoms in total. The fourth-order valence-electron chi connectivity index (χ4n) is 1.79. The van der Waals surface area contributed by atoms with Crippen molar-refractivity contribution in [2.45, 2.75) is 23.4 Å². The summed E-state index contributed by atoms with van der Waals surface area (Å²) in [6.45, 7) is 0. The minimum atomic E-state index is -1.02. The summed E-state index contributed by atoms with van der Waals surface area (Å²) in [5.74, 6) is -0.737. The van der Waals surface area contributed by atoms with Crippen LogP contribution in [0.4, 0.5) is 0 Å². The summed E-state index contributed by atoms with van der Waals surface area (Å²) in [5, 5.41) is 2.52. The fraction of sp³-hybridized carbons (Fsp3) is 0.438. The molecule has 0 fully saturated rings. The van der Waals surface area contributed by atoms with Gasteiger partial charge in [-0.2, -0.15) is 0 Å². The summed E-state index contributed by atoms with van der Waals surface area (Å²) in [6.07, 6.45) is 0.0486. The van der Waals surface area contributed by atoms with Crippen molar-refractivity contribution in [3.05, 3.63) is 24.3 Å². The van der Waals surface area contributed by atoms with E-state index in [0.29, 0.717) is 6.42 Å².